The van der Waals surface area contributed by atoms with Gasteiger partial charge in [-0.3, -0.25) is 14.6 Å². The van der Waals surface area contributed by atoms with Crippen molar-refractivity contribution in [2.75, 3.05) is 10.6 Å². The molecule has 0 atom stereocenters. The van der Waals surface area contributed by atoms with Crippen molar-refractivity contribution < 1.29 is 9.59 Å². The Morgan fingerprint density at radius 2 is 1.90 bits per heavy atom. The Labute approximate surface area is 128 Å². The van der Waals surface area contributed by atoms with Crippen LogP contribution in [0.1, 0.15) is 22.3 Å². The SMILES string of the molecule is Cl.O=C1CCc2cc(NC(=O)c3ccncc3)ccc2N1. The number of halogens is 1. The summed E-state index contributed by atoms with van der Waals surface area (Å²) < 4.78 is 0. The van der Waals surface area contributed by atoms with Gasteiger partial charge in [0.25, 0.3) is 5.91 Å². The minimum Gasteiger partial charge on any atom is -0.326 e. The summed E-state index contributed by atoms with van der Waals surface area (Å²) in [5.41, 5.74) is 3.15. The van der Waals surface area contributed by atoms with Gasteiger partial charge in [0.05, 0.1) is 0 Å². The van der Waals surface area contributed by atoms with Crippen LogP contribution >= 0.6 is 12.4 Å². The van der Waals surface area contributed by atoms with E-state index in [0.717, 1.165) is 16.9 Å². The number of benzene rings is 1. The molecule has 2 N–H and O–H groups in total. The second-order valence-corrected chi connectivity index (χ2v) is 4.61. The van der Waals surface area contributed by atoms with Gasteiger partial charge in [0, 0.05) is 35.8 Å². The number of amides is 2. The number of pyridine rings is 1. The van der Waals surface area contributed by atoms with Crippen LogP contribution in [0.2, 0.25) is 0 Å². The van der Waals surface area contributed by atoms with E-state index in [1.54, 1.807) is 30.6 Å². The maximum absolute atomic E-state index is 12.0. The van der Waals surface area contributed by atoms with Gasteiger partial charge in [-0.1, -0.05) is 0 Å². The van der Waals surface area contributed by atoms with Gasteiger partial charge in [0.2, 0.25) is 5.91 Å². The van der Waals surface area contributed by atoms with Crippen molar-refractivity contribution in [3.63, 3.8) is 0 Å². The lowest BCUT2D eigenvalue weighted by Gasteiger charge is -2.17. The van der Waals surface area contributed by atoms with Gasteiger partial charge in [-0.25, -0.2) is 0 Å². The number of nitrogens with one attached hydrogen (secondary N) is 2. The first-order valence-corrected chi connectivity index (χ1v) is 6.36. The van der Waals surface area contributed by atoms with E-state index in [4.69, 9.17) is 0 Å². The van der Waals surface area contributed by atoms with E-state index in [2.05, 4.69) is 15.6 Å². The largest absolute Gasteiger partial charge is 0.326 e. The molecule has 0 bridgehead atoms. The van der Waals surface area contributed by atoms with Gasteiger partial charge in [0.1, 0.15) is 0 Å². The number of rotatable bonds is 2. The van der Waals surface area contributed by atoms with Gasteiger partial charge in [-0.15, -0.1) is 12.4 Å². The number of hydrogen-bond donors (Lipinski definition) is 2. The average Bonchev–Trinajstić information content (AvgIpc) is 2.48. The van der Waals surface area contributed by atoms with Crippen LogP contribution in [0.5, 0.6) is 0 Å². The number of aryl methyl sites for hydroxylation is 1. The zero-order valence-corrected chi connectivity index (χ0v) is 11.9. The van der Waals surface area contributed by atoms with Crippen molar-refractivity contribution in [2.45, 2.75) is 12.8 Å². The molecule has 0 saturated carbocycles. The number of nitrogens with zero attached hydrogens (tertiary/aromatic N) is 1. The molecule has 0 unspecified atom stereocenters. The summed E-state index contributed by atoms with van der Waals surface area (Å²) in [4.78, 5) is 27.2. The van der Waals surface area contributed by atoms with Crippen LogP contribution in [0, 0.1) is 0 Å². The van der Waals surface area contributed by atoms with Crippen LogP contribution in [-0.4, -0.2) is 16.8 Å². The molecule has 2 aromatic rings. The highest BCUT2D eigenvalue weighted by Crippen LogP contribution is 2.25. The van der Waals surface area contributed by atoms with Crippen molar-refractivity contribution in [3.8, 4) is 0 Å². The second-order valence-electron chi connectivity index (χ2n) is 4.61. The minimum absolute atomic E-state index is 0. The summed E-state index contributed by atoms with van der Waals surface area (Å²) in [6.07, 6.45) is 4.34. The van der Waals surface area contributed by atoms with Gasteiger partial charge < -0.3 is 10.6 Å². The van der Waals surface area contributed by atoms with Crippen molar-refractivity contribution >= 4 is 35.6 Å². The summed E-state index contributed by atoms with van der Waals surface area (Å²) in [5, 5.41) is 5.65. The van der Waals surface area contributed by atoms with Gasteiger partial charge in [0.15, 0.2) is 0 Å². The molecule has 1 aromatic heterocycles. The third-order valence-electron chi connectivity index (χ3n) is 3.20. The molecule has 5 nitrogen and oxygen atoms in total. The molecule has 0 aliphatic carbocycles. The number of anilines is 2. The number of carbonyl (C=O) groups excluding carboxylic acids is 2. The predicted molar refractivity (Wildman–Crippen MR) is 82.8 cm³/mol. The molecule has 0 radical (unpaired) electrons. The van der Waals surface area contributed by atoms with E-state index in [9.17, 15) is 9.59 Å². The number of aromatic nitrogens is 1. The van der Waals surface area contributed by atoms with E-state index in [1.807, 2.05) is 12.1 Å². The van der Waals surface area contributed by atoms with Crippen LogP contribution in [-0.2, 0) is 11.2 Å². The topological polar surface area (TPSA) is 71.1 Å². The Bertz CT molecular complexity index is 674. The summed E-state index contributed by atoms with van der Waals surface area (Å²) in [6.45, 7) is 0. The van der Waals surface area contributed by atoms with Crippen molar-refractivity contribution in [2.24, 2.45) is 0 Å². The zero-order valence-electron chi connectivity index (χ0n) is 11.1. The number of hydrogen-bond acceptors (Lipinski definition) is 3. The molecule has 1 aliphatic rings. The first kappa shape index (κ1) is 15.0. The highest BCUT2D eigenvalue weighted by molar-refractivity contribution is 6.04. The van der Waals surface area contributed by atoms with E-state index >= 15 is 0 Å². The number of fused-ring (bicyclic) bond motifs is 1. The van der Waals surface area contributed by atoms with Crippen LogP contribution in [0.3, 0.4) is 0 Å². The highest BCUT2D eigenvalue weighted by Gasteiger charge is 2.15. The van der Waals surface area contributed by atoms with Gasteiger partial charge >= 0.3 is 0 Å². The zero-order chi connectivity index (χ0) is 13.9. The third kappa shape index (κ3) is 3.38. The molecular formula is C15H14ClN3O2. The normalized spacial score (nSPS) is 12.7. The summed E-state index contributed by atoms with van der Waals surface area (Å²) >= 11 is 0. The lowest BCUT2D eigenvalue weighted by Crippen LogP contribution is -2.19. The fraction of sp³-hybridized carbons (Fsp3) is 0.133. The van der Waals surface area contributed by atoms with Crippen molar-refractivity contribution in [1.29, 1.82) is 0 Å². The first-order chi connectivity index (χ1) is 9.72. The maximum atomic E-state index is 12.0. The molecule has 3 rings (SSSR count). The molecule has 108 valence electrons. The van der Waals surface area contributed by atoms with Gasteiger partial charge in [-0.2, -0.15) is 0 Å². The second kappa shape index (κ2) is 6.37. The standard InChI is InChI=1S/C15H13N3O2.ClH/c19-14-4-1-11-9-12(2-3-13(11)18-14)17-15(20)10-5-7-16-8-6-10;/h2-3,5-9H,1,4H2,(H,17,20)(H,18,19);1H. The molecule has 0 spiro atoms. The average molecular weight is 304 g/mol. The van der Waals surface area contributed by atoms with E-state index in [-0.39, 0.29) is 24.2 Å². The first-order valence-electron chi connectivity index (χ1n) is 6.36. The summed E-state index contributed by atoms with van der Waals surface area (Å²) in [7, 11) is 0. The fourth-order valence-corrected chi connectivity index (χ4v) is 2.17. The maximum Gasteiger partial charge on any atom is 0.255 e. The molecular weight excluding hydrogens is 290 g/mol. The molecule has 1 aromatic carbocycles. The van der Waals surface area contributed by atoms with Gasteiger partial charge in [-0.05, 0) is 42.3 Å². The number of carbonyl (C=O) groups is 2. The fourth-order valence-electron chi connectivity index (χ4n) is 2.17. The molecule has 21 heavy (non-hydrogen) atoms. The van der Waals surface area contributed by atoms with E-state index in [0.29, 0.717) is 18.4 Å². The molecule has 2 heterocycles. The monoisotopic (exact) mass is 303 g/mol. The van der Waals surface area contributed by atoms with Crippen LogP contribution in [0.15, 0.2) is 42.7 Å². The Hall–Kier alpha value is -2.40. The lowest BCUT2D eigenvalue weighted by atomic mass is 10.0. The Morgan fingerprint density at radius 3 is 2.67 bits per heavy atom. The molecule has 2 amide bonds. The summed E-state index contributed by atoms with van der Waals surface area (Å²) in [5.74, 6) is -0.140. The Balaban J connectivity index is 0.00000161. The summed E-state index contributed by atoms with van der Waals surface area (Å²) in [6, 6.07) is 8.81. The Morgan fingerprint density at radius 1 is 1.14 bits per heavy atom. The van der Waals surface area contributed by atoms with Crippen LogP contribution in [0.25, 0.3) is 0 Å². The van der Waals surface area contributed by atoms with Crippen molar-refractivity contribution in [1.82, 2.24) is 4.98 Å². The predicted octanol–water partition coefficient (Wildman–Crippen LogP) is 2.64. The van der Waals surface area contributed by atoms with E-state index in [1.165, 1.54) is 0 Å². The molecule has 0 saturated heterocycles. The molecule has 6 heteroatoms. The van der Waals surface area contributed by atoms with Crippen molar-refractivity contribution in [3.05, 3.63) is 53.9 Å². The smallest absolute Gasteiger partial charge is 0.255 e. The minimum atomic E-state index is -0.174. The Kier molecular flexibility index (Phi) is 4.55. The van der Waals surface area contributed by atoms with Crippen LogP contribution < -0.4 is 10.6 Å². The quantitative estimate of drug-likeness (QED) is 0.896. The van der Waals surface area contributed by atoms with Crippen LogP contribution in [0.4, 0.5) is 11.4 Å². The lowest BCUT2D eigenvalue weighted by molar-refractivity contribution is -0.116. The van der Waals surface area contributed by atoms with E-state index < -0.39 is 0 Å². The molecule has 1 aliphatic heterocycles. The highest BCUT2D eigenvalue weighted by atomic mass is 35.5. The molecule has 0 fully saturated rings. The third-order valence-corrected chi connectivity index (χ3v) is 3.20.